The lowest BCUT2D eigenvalue weighted by Gasteiger charge is -2.37. The number of benzene rings is 1. The number of fused-ring (bicyclic) bond motifs is 3. The quantitative estimate of drug-likeness (QED) is 0.260. The number of ether oxygens (including phenoxy) is 1. The predicted molar refractivity (Wildman–Crippen MR) is 138 cm³/mol. The molecule has 192 valence electrons. The van der Waals surface area contributed by atoms with Gasteiger partial charge in [-0.1, -0.05) is 29.7 Å². The van der Waals surface area contributed by atoms with E-state index in [1.54, 1.807) is 11.0 Å². The van der Waals surface area contributed by atoms with E-state index in [2.05, 4.69) is 39.8 Å². The molecule has 0 aromatic heterocycles. The maximum Gasteiger partial charge on any atom is 0.303 e. The first-order valence-electron chi connectivity index (χ1n) is 13.0. The van der Waals surface area contributed by atoms with Gasteiger partial charge in [-0.05, 0) is 85.1 Å². The molecular formula is C29H41NO5. The van der Waals surface area contributed by atoms with E-state index in [0.717, 1.165) is 62.5 Å². The average molecular weight is 484 g/mol. The Morgan fingerprint density at radius 2 is 1.89 bits per heavy atom. The van der Waals surface area contributed by atoms with Crippen molar-refractivity contribution in [3.63, 3.8) is 0 Å². The van der Waals surface area contributed by atoms with Crippen LogP contribution in [-0.2, 0) is 17.8 Å². The maximum atomic E-state index is 13.0. The molecule has 6 nitrogen and oxygen atoms in total. The lowest BCUT2D eigenvalue weighted by molar-refractivity contribution is -0.137. The van der Waals surface area contributed by atoms with Crippen molar-refractivity contribution in [3.8, 4) is 11.5 Å². The highest BCUT2D eigenvalue weighted by Crippen LogP contribution is 2.46. The first-order chi connectivity index (χ1) is 16.6. The molecule has 0 saturated heterocycles. The summed E-state index contributed by atoms with van der Waals surface area (Å²) in [4.78, 5) is 25.5. The zero-order chi connectivity index (χ0) is 25.6. The van der Waals surface area contributed by atoms with Crippen molar-refractivity contribution < 1.29 is 24.5 Å². The van der Waals surface area contributed by atoms with Crippen molar-refractivity contribution in [2.75, 3.05) is 6.54 Å². The number of aromatic hydroxyl groups is 1. The summed E-state index contributed by atoms with van der Waals surface area (Å²) in [5.41, 5.74) is 4.64. The lowest BCUT2D eigenvalue weighted by atomic mass is 9.86. The number of carboxylic acid groups (broad SMARTS) is 1. The number of aliphatic carboxylic acids is 1. The van der Waals surface area contributed by atoms with Gasteiger partial charge in [0.2, 0.25) is 0 Å². The molecule has 1 atom stereocenters. The van der Waals surface area contributed by atoms with Gasteiger partial charge in [0.15, 0.2) is 0 Å². The van der Waals surface area contributed by atoms with E-state index in [0.29, 0.717) is 30.8 Å². The van der Waals surface area contributed by atoms with Gasteiger partial charge in [-0.3, -0.25) is 9.59 Å². The first kappa shape index (κ1) is 26.8. The van der Waals surface area contributed by atoms with Crippen LogP contribution in [0.15, 0.2) is 29.4 Å². The number of phenolic OH excluding ortho intramolecular Hbond substituents is 1. The Bertz CT molecular complexity index is 1000. The Balaban J connectivity index is 1.64. The van der Waals surface area contributed by atoms with Crippen LogP contribution in [-0.4, -0.2) is 39.1 Å². The summed E-state index contributed by atoms with van der Waals surface area (Å²) in [5, 5.41) is 19.4. The number of hydrogen-bond donors (Lipinski definition) is 2. The number of hydrogen-bond acceptors (Lipinski definition) is 4. The smallest absolute Gasteiger partial charge is 0.303 e. The van der Waals surface area contributed by atoms with Crippen LogP contribution in [0.4, 0.5) is 0 Å². The van der Waals surface area contributed by atoms with Crippen LogP contribution in [0.3, 0.4) is 0 Å². The molecule has 1 aromatic rings. The van der Waals surface area contributed by atoms with Crippen molar-refractivity contribution in [2.24, 2.45) is 0 Å². The second-order valence-corrected chi connectivity index (χ2v) is 10.6. The second-order valence-electron chi connectivity index (χ2n) is 10.6. The number of nitrogens with zero attached hydrogens (tertiary/aromatic N) is 1. The molecule has 0 aliphatic carbocycles. The molecule has 2 aliphatic rings. The highest BCUT2D eigenvalue weighted by molar-refractivity contribution is 6.00. The van der Waals surface area contributed by atoms with E-state index in [1.807, 2.05) is 0 Å². The number of unbranched alkanes of at least 4 members (excludes halogenated alkanes) is 2. The van der Waals surface area contributed by atoms with Crippen molar-refractivity contribution in [3.05, 3.63) is 46.1 Å². The zero-order valence-electron chi connectivity index (χ0n) is 21.8. The Kier molecular flexibility index (Phi) is 9.03. The third-order valence-electron chi connectivity index (χ3n) is 7.16. The molecule has 0 saturated carbocycles. The zero-order valence-corrected chi connectivity index (χ0v) is 21.8. The number of amides is 1. The van der Waals surface area contributed by atoms with E-state index in [1.165, 1.54) is 11.1 Å². The highest BCUT2D eigenvalue weighted by Gasteiger charge is 2.39. The van der Waals surface area contributed by atoms with Gasteiger partial charge in [0.1, 0.15) is 17.1 Å². The fourth-order valence-electron chi connectivity index (χ4n) is 4.99. The molecule has 2 N–H and O–H groups in total. The number of rotatable bonds is 12. The van der Waals surface area contributed by atoms with Crippen molar-refractivity contribution in [2.45, 2.75) is 104 Å². The maximum absolute atomic E-state index is 13.0. The third-order valence-corrected chi connectivity index (χ3v) is 7.16. The Labute approximate surface area is 209 Å². The standard InChI is InChI=1S/C29H41NO5/c1-20(2)10-8-11-21(3)12-9-15-29(4)16-14-22-25(31)18-23-24(27(22)35-29)19-30(28(23)34)17-7-5-6-13-26(32)33/h10,12,18,31H,5-9,11,13-17,19H2,1-4H3,(H,32,33)/b21-12+/t29-/m0/s1. The van der Waals surface area contributed by atoms with Crippen LogP contribution >= 0.6 is 0 Å². The summed E-state index contributed by atoms with van der Waals surface area (Å²) >= 11 is 0. The minimum atomic E-state index is -0.786. The Morgan fingerprint density at radius 1 is 1.11 bits per heavy atom. The highest BCUT2D eigenvalue weighted by atomic mass is 16.5. The minimum absolute atomic E-state index is 0.0814. The van der Waals surface area contributed by atoms with Gasteiger partial charge in [-0.2, -0.15) is 0 Å². The molecule has 2 heterocycles. The number of carbonyl (C=O) groups is 2. The molecule has 0 fully saturated rings. The van der Waals surface area contributed by atoms with Crippen LogP contribution in [0.5, 0.6) is 11.5 Å². The molecule has 3 rings (SSSR count). The largest absolute Gasteiger partial charge is 0.508 e. The van der Waals surface area contributed by atoms with Gasteiger partial charge in [0.05, 0.1) is 12.1 Å². The SMILES string of the molecule is CC(C)=CCC/C(C)=C/CC[C@@]1(C)CCc2c(O)cc3c(c2O1)CN(CCCCCC(=O)O)C3=O. The topological polar surface area (TPSA) is 87.1 Å². The van der Waals surface area contributed by atoms with Crippen molar-refractivity contribution >= 4 is 11.9 Å². The summed E-state index contributed by atoms with van der Waals surface area (Å²) in [7, 11) is 0. The van der Waals surface area contributed by atoms with E-state index in [9.17, 15) is 14.7 Å². The Hall–Kier alpha value is -2.76. The van der Waals surface area contributed by atoms with Gasteiger partial charge < -0.3 is 19.8 Å². The molecular weight excluding hydrogens is 442 g/mol. The van der Waals surface area contributed by atoms with Crippen LogP contribution < -0.4 is 4.74 Å². The molecule has 6 heteroatoms. The average Bonchev–Trinajstić information content (AvgIpc) is 3.08. The molecule has 0 spiro atoms. The van der Waals surface area contributed by atoms with E-state index in [4.69, 9.17) is 9.84 Å². The van der Waals surface area contributed by atoms with Crippen molar-refractivity contribution in [1.82, 2.24) is 4.90 Å². The minimum Gasteiger partial charge on any atom is -0.508 e. The fourth-order valence-corrected chi connectivity index (χ4v) is 4.99. The van der Waals surface area contributed by atoms with Gasteiger partial charge in [0, 0.05) is 24.1 Å². The molecule has 1 amide bonds. The van der Waals surface area contributed by atoms with Gasteiger partial charge >= 0.3 is 5.97 Å². The molecule has 1 aromatic carbocycles. The van der Waals surface area contributed by atoms with Crippen LogP contribution in [0, 0.1) is 0 Å². The summed E-state index contributed by atoms with van der Waals surface area (Å²) in [6, 6.07) is 1.60. The summed E-state index contributed by atoms with van der Waals surface area (Å²) in [6.45, 7) is 9.64. The van der Waals surface area contributed by atoms with E-state index < -0.39 is 5.97 Å². The number of phenols is 1. The second kappa shape index (κ2) is 11.8. The van der Waals surface area contributed by atoms with Gasteiger partial charge in [-0.25, -0.2) is 0 Å². The van der Waals surface area contributed by atoms with Crippen LogP contribution in [0.25, 0.3) is 0 Å². The lowest BCUT2D eigenvalue weighted by Crippen LogP contribution is -2.36. The molecule has 0 unspecified atom stereocenters. The van der Waals surface area contributed by atoms with Crippen LogP contribution in [0.2, 0.25) is 0 Å². The Morgan fingerprint density at radius 3 is 2.60 bits per heavy atom. The summed E-state index contributed by atoms with van der Waals surface area (Å²) in [5.74, 6) is -0.0271. The van der Waals surface area contributed by atoms with E-state index >= 15 is 0 Å². The number of carboxylic acids is 1. The molecule has 0 radical (unpaired) electrons. The predicted octanol–water partition coefficient (Wildman–Crippen LogP) is 6.55. The normalized spacial score (nSPS) is 19.3. The van der Waals surface area contributed by atoms with Crippen molar-refractivity contribution in [1.29, 1.82) is 0 Å². The van der Waals surface area contributed by atoms with Crippen LogP contribution in [0.1, 0.15) is 107 Å². The van der Waals surface area contributed by atoms with E-state index in [-0.39, 0.29) is 23.7 Å². The molecule has 35 heavy (non-hydrogen) atoms. The number of carbonyl (C=O) groups excluding carboxylic acids is 1. The van der Waals surface area contributed by atoms with Gasteiger partial charge in [0.25, 0.3) is 5.91 Å². The molecule has 2 aliphatic heterocycles. The summed E-state index contributed by atoms with van der Waals surface area (Å²) < 4.78 is 6.56. The fraction of sp³-hybridized carbons (Fsp3) is 0.586. The third kappa shape index (κ3) is 7.12. The molecule has 0 bridgehead atoms. The number of allylic oxidation sites excluding steroid dienone is 4. The first-order valence-corrected chi connectivity index (χ1v) is 13.0. The monoisotopic (exact) mass is 483 g/mol. The summed E-state index contributed by atoms with van der Waals surface area (Å²) in [6.07, 6.45) is 12.4. The van der Waals surface area contributed by atoms with Gasteiger partial charge in [-0.15, -0.1) is 0 Å².